The molecule has 0 unspecified atom stereocenters. The van der Waals surface area contributed by atoms with Gasteiger partial charge >= 0.3 is 0 Å². The van der Waals surface area contributed by atoms with E-state index in [9.17, 15) is 4.79 Å². The lowest BCUT2D eigenvalue weighted by molar-refractivity contribution is 0.0708. The molecule has 0 bridgehead atoms. The molecule has 2 heterocycles. The minimum absolute atomic E-state index is 0.176. The highest BCUT2D eigenvalue weighted by molar-refractivity contribution is 5.94. The Hall–Kier alpha value is -1.59. The third-order valence-corrected chi connectivity index (χ3v) is 6.19. The highest BCUT2D eigenvalue weighted by Crippen LogP contribution is 2.23. The van der Waals surface area contributed by atoms with Crippen LogP contribution in [0.5, 0.6) is 5.75 Å². The number of likely N-dealkylation sites (tertiary alicyclic amines) is 2. The first kappa shape index (κ1) is 21.1. The van der Waals surface area contributed by atoms with Gasteiger partial charge in [-0.15, -0.1) is 0 Å². The van der Waals surface area contributed by atoms with Crippen molar-refractivity contribution < 1.29 is 9.53 Å². The number of rotatable bonds is 10. The summed E-state index contributed by atoms with van der Waals surface area (Å²) >= 11 is 0. The summed E-state index contributed by atoms with van der Waals surface area (Å²) in [6.07, 6.45) is 5.89. The number of carbonyl (C=O) groups is 1. The first-order valence-corrected chi connectivity index (χ1v) is 11.2. The van der Waals surface area contributed by atoms with Crippen LogP contribution in [0.25, 0.3) is 0 Å². The molecule has 3 rings (SSSR count). The van der Waals surface area contributed by atoms with Crippen molar-refractivity contribution in [2.24, 2.45) is 0 Å². The van der Waals surface area contributed by atoms with Crippen LogP contribution in [0.3, 0.4) is 0 Å². The molecular weight excluding hydrogens is 350 g/mol. The molecule has 1 atom stereocenters. The Labute approximate surface area is 170 Å². The Morgan fingerprint density at radius 1 is 1.07 bits per heavy atom. The van der Waals surface area contributed by atoms with E-state index in [1.807, 2.05) is 24.3 Å². The Balaban J connectivity index is 1.47. The van der Waals surface area contributed by atoms with Gasteiger partial charge in [-0.05, 0) is 82.5 Å². The third kappa shape index (κ3) is 5.71. The van der Waals surface area contributed by atoms with E-state index in [1.165, 1.54) is 25.9 Å². The summed E-state index contributed by atoms with van der Waals surface area (Å²) in [4.78, 5) is 20.0. The molecule has 1 aromatic carbocycles. The second kappa shape index (κ2) is 10.8. The van der Waals surface area contributed by atoms with E-state index in [0.717, 1.165) is 63.3 Å². The van der Waals surface area contributed by atoms with Crippen LogP contribution in [0.1, 0.15) is 56.3 Å². The van der Waals surface area contributed by atoms with Crippen molar-refractivity contribution in [3.63, 3.8) is 0 Å². The molecule has 2 aliphatic rings. The minimum Gasteiger partial charge on any atom is -0.494 e. The number of hydrogen-bond acceptors (Lipinski definition) is 4. The second-order valence-electron chi connectivity index (χ2n) is 8.06. The van der Waals surface area contributed by atoms with Crippen molar-refractivity contribution in [2.45, 2.75) is 52.0 Å². The zero-order valence-corrected chi connectivity index (χ0v) is 17.7. The number of ether oxygens (including phenoxy) is 1. The number of nitrogens with zero attached hydrogens (tertiary/aromatic N) is 3. The molecule has 5 heteroatoms. The van der Waals surface area contributed by atoms with Gasteiger partial charge < -0.3 is 19.4 Å². The minimum atomic E-state index is 0.176. The Morgan fingerprint density at radius 3 is 2.46 bits per heavy atom. The van der Waals surface area contributed by atoms with Crippen LogP contribution in [-0.2, 0) is 0 Å². The molecule has 2 fully saturated rings. The van der Waals surface area contributed by atoms with Crippen molar-refractivity contribution in [3.8, 4) is 5.75 Å². The van der Waals surface area contributed by atoms with Gasteiger partial charge in [-0.2, -0.15) is 0 Å². The first-order valence-electron chi connectivity index (χ1n) is 11.2. The fourth-order valence-corrected chi connectivity index (χ4v) is 4.43. The summed E-state index contributed by atoms with van der Waals surface area (Å²) in [6, 6.07) is 8.11. The molecule has 1 amide bonds. The topological polar surface area (TPSA) is 36.0 Å². The monoisotopic (exact) mass is 387 g/mol. The lowest BCUT2D eigenvalue weighted by Crippen LogP contribution is -2.42. The van der Waals surface area contributed by atoms with Gasteiger partial charge in [0.25, 0.3) is 5.91 Å². The Bertz CT molecular complexity index is 594. The predicted molar refractivity (Wildman–Crippen MR) is 114 cm³/mol. The van der Waals surface area contributed by atoms with E-state index in [0.29, 0.717) is 12.6 Å². The van der Waals surface area contributed by atoms with Crippen LogP contribution < -0.4 is 4.74 Å². The summed E-state index contributed by atoms with van der Waals surface area (Å²) in [5.41, 5.74) is 0.781. The molecule has 0 aliphatic carbocycles. The fourth-order valence-electron chi connectivity index (χ4n) is 4.43. The highest BCUT2D eigenvalue weighted by atomic mass is 16.5. The molecule has 156 valence electrons. The van der Waals surface area contributed by atoms with E-state index in [1.54, 1.807) is 0 Å². The lowest BCUT2D eigenvalue weighted by Gasteiger charge is -2.28. The molecule has 5 nitrogen and oxygen atoms in total. The molecule has 0 spiro atoms. The zero-order valence-electron chi connectivity index (χ0n) is 17.7. The number of benzene rings is 1. The molecular formula is C23H37N3O2. The van der Waals surface area contributed by atoms with Crippen LogP contribution >= 0.6 is 0 Å². The fraction of sp³-hybridized carbons (Fsp3) is 0.696. The Morgan fingerprint density at radius 2 is 1.79 bits per heavy atom. The van der Waals surface area contributed by atoms with Crippen molar-refractivity contribution in [3.05, 3.63) is 29.8 Å². The Kier molecular flexibility index (Phi) is 8.16. The number of carbonyl (C=O) groups excluding carboxylic acids is 1. The summed E-state index contributed by atoms with van der Waals surface area (Å²) in [5, 5.41) is 0. The molecule has 2 saturated heterocycles. The van der Waals surface area contributed by atoms with Crippen LogP contribution in [0.2, 0.25) is 0 Å². The van der Waals surface area contributed by atoms with Gasteiger partial charge in [-0.25, -0.2) is 0 Å². The lowest BCUT2D eigenvalue weighted by atomic mass is 10.1. The summed E-state index contributed by atoms with van der Waals surface area (Å²) in [7, 11) is 0. The van der Waals surface area contributed by atoms with E-state index < -0.39 is 0 Å². The summed E-state index contributed by atoms with van der Waals surface area (Å²) < 4.78 is 5.86. The SMILES string of the molecule is CCN(CC)CCCOc1ccc(C(=O)N2CCC[C@H]2CN2CCCC2)cc1. The van der Waals surface area contributed by atoms with Crippen LogP contribution in [0.15, 0.2) is 24.3 Å². The van der Waals surface area contributed by atoms with Gasteiger partial charge in [0.2, 0.25) is 0 Å². The van der Waals surface area contributed by atoms with Gasteiger partial charge in [0.1, 0.15) is 5.75 Å². The molecule has 0 saturated carbocycles. The zero-order chi connectivity index (χ0) is 19.8. The van der Waals surface area contributed by atoms with Gasteiger partial charge in [-0.3, -0.25) is 4.79 Å². The summed E-state index contributed by atoms with van der Waals surface area (Å²) in [6.45, 7) is 12.7. The smallest absolute Gasteiger partial charge is 0.254 e. The molecule has 1 aromatic rings. The molecule has 0 aromatic heterocycles. The van der Waals surface area contributed by atoms with Gasteiger partial charge in [-0.1, -0.05) is 13.8 Å². The van der Waals surface area contributed by atoms with Crippen LogP contribution in [0.4, 0.5) is 0 Å². The van der Waals surface area contributed by atoms with Crippen LogP contribution in [-0.4, -0.2) is 79.1 Å². The predicted octanol–water partition coefficient (Wildman–Crippen LogP) is 3.50. The van der Waals surface area contributed by atoms with E-state index >= 15 is 0 Å². The van der Waals surface area contributed by atoms with Gasteiger partial charge in [0, 0.05) is 31.2 Å². The first-order chi connectivity index (χ1) is 13.7. The largest absolute Gasteiger partial charge is 0.494 e. The maximum atomic E-state index is 13.0. The van der Waals surface area contributed by atoms with Crippen molar-refractivity contribution in [1.29, 1.82) is 0 Å². The maximum absolute atomic E-state index is 13.0. The maximum Gasteiger partial charge on any atom is 0.254 e. The van der Waals surface area contributed by atoms with Crippen molar-refractivity contribution >= 4 is 5.91 Å². The molecule has 0 N–H and O–H groups in total. The van der Waals surface area contributed by atoms with E-state index in [-0.39, 0.29) is 5.91 Å². The van der Waals surface area contributed by atoms with Crippen molar-refractivity contribution in [1.82, 2.24) is 14.7 Å². The van der Waals surface area contributed by atoms with E-state index in [2.05, 4.69) is 28.5 Å². The second-order valence-corrected chi connectivity index (χ2v) is 8.06. The molecule has 2 aliphatic heterocycles. The number of amides is 1. The van der Waals surface area contributed by atoms with Gasteiger partial charge in [0.15, 0.2) is 0 Å². The molecule has 28 heavy (non-hydrogen) atoms. The quantitative estimate of drug-likeness (QED) is 0.576. The normalized spacial score (nSPS) is 20.2. The standard InChI is InChI=1S/C23H37N3O2/c1-3-24(4-2)16-8-18-28-22-12-10-20(11-13-22)23(27)26-17-7-9-21(26)19-25-14-5-6-15-25/h10-13,21H,3-9,14-19H2,1-2H3/t21-/m0/s1. The highest BCUT2D eigenvalue weighted by Gasteiger charge is 2.31. The number of hydrogen-bond donors (Lipinski definition) is 0. The summed E-state index contributed by atoms with van der Waals surface area (Å²) in [5.74, 6) is 1.03. The average Bonchev–Trinajstić information content (AvgIpc) is 3.40. The van der Waals surface area contributed by atoms with Gasteiger partial charge in [0.05, 0.1) is 6.61 Å². The third-order valence-electron chi connectivity index (χ3n) is 6.19. The van der Waals surface area contributed by atoms with Crippen LogP contribution in [0, 0.1) is 0 Å². The van der Waals surface area contributed by atoms with Crippen molar-refractivity contribution in [2.75, 3.05) is 52.4 Å². The van der Waals surface area contributed by atoms with E-state index in [4.69, 9.17) is 4.74 Å². The average molecular weight is 388 g/mol. The molecule has 0 radical (unpaired) electrons.